The Balaban J connectivity index is 2.26. The third-order valence-corrected chi connectivity index (χ3v) is 3.18. The van der Waals surface area contributed by atoms with E-state index in [1.807, 2.05) is 6.92 Å². The van der Waals surface area contributed by atoms with Gasteiger partial charge in [-0.1, -0.05) is 33.3 Å². The second-order valence-corrected chi connectivity index (χ2v) is 4.22. The number of hydrogen-bond donors (Lipinski definition) is 0. The van der Waals surface area contributed by atoms with E-state index < -0.39 is 0 Å². The predicted octanol–water partition coefficient (Wildman–Crippen LogP) is 2.93. The minimum atomic E-state index is -0.216. The van der Waals surface area contributed by atoms with Crippen molar-refractivity contribution >= 4 is 5.97 Å². The molecule has 1 aliphatic carbocycles. The Morgan fingerprint density at radius 1 is 1.50 bits per heavy atom. The molecule has 1 fully saturated rings. The first-order valence-electron chi connectivity index (χ1n) is 5.50. The van der Waals surface area contributed by atoms with Gasteiger partial charge in [-0.05, 0) is 24.7 Å². The highest BCUT2D eigenvalue weighted by molar-refractivity contribution is 5.87. The van der Waals surface area contributed by atoms with E-state index in [2.05, 4.69) is 13.5 Å². The van der Waals surface area contributed by atoms with Crippen molar-refractivity contribution in [1.29, 1.82) is 0 Å². The molecule has 80 valence electrons. The van der Waals surface area contributed by atoms with Gasteiger partial charge in [0.25, 0.3) is 0 Å². The van der Waals surface area contributed by atoms with Crippen LogP contribution in [0, 0.1) is 11.8 Å². The average molecular weight is 196 g/mol. The molecule has 0 heterocycles. The van der Waals surface area contributed by atoms with Crippen LogP contribution in [0.1, 0.15) is 39.5 Å². The Morgan fingerprint density at radius 3 is 2.71 bits per heavy atom. The fourth-order valence-corrected chi connectivity index (χ4v) is 1.90. The molecule has 0 N–H and O–H groups in total. The molecular formula is C12H20O2. The minimum Gasteiger partial charge on any atom is -0.462 e. The van der Waals surface area contributed by atoms with Gasteiger partial charge in [0, 0.05) is 5.57 Å². The molecule has 0 radical (unpaired) electrons. The number of esters is 1. The maximum Gasteiger partial charge on any atom is 0.333 e. The van der Waals surface area contributed by atoms with Crippen LogP contribution in [0.3, 0.4) is 0 Å². The standard InChI is InChI=1S/C12H20O2/c1-4-9(2)12(13)14-8-11-7-5-6-10(11)3/h10-11H,2,4-8H2,1,3H3. The van der Waals surface area contributed by atoms with E-state index >= 15 is 0 Å². The van der Waals surface area contributed by atoms with Crippen LogP contribution < -0.4 is 0 Å². The molecular weight excluding hydrogens is 176 g/mol. The van der Waals surface area contributed by atoms with Gasteiger partial charge in [-0.15, -0.1) is 0 Å². The van der Waals surface area contributed by atoms with Gasteiger partial charge in [-0.3, -0.25) is 0 Å². The number of rotatable bonds is 4. The van der Waals surface area contributed by atoms with E-state index in [-0.39, 0.29) is 5.97 Å². The van der Waals surface area contributed by atoms with Crippen molar-refractivity contribution in [3.8, 4) is 0 Å². The van der Waals surface area contributed by atoms with Crippen molar-refractivity contribution in [2.75, 3.05) is 6.61 Å². The Labute approximate surface area is 86.3 Å². The first-order chi connectivity index (χ1) is 6.65. The van der Waals surface area contributed by atoms with Crippen molar-refractivity contribution in [3.05, 3.63) is 12.2 Å². The third-order valence-electron chi connectivity index (χ3n) is 3.18. The molecule has 0 aromatic heterocycles. The van der Waals surface area contributed by atoms with E-state index in [1.54, 1.807) is 0 Å². The molecule has 14 heavy (non-hydrogen) atoms. The summed E-state index contributed by atoms with van der Waals surface area (Å²) in [6.07, 6.45) is 4.43. The Bertz CT molecular complexity index is 220. The van der Waals surface area contributed by atoms with Crippen molar-refractivity contribution in [2.24, 2.45) is 11.8 Å². The molecule has 0 aromatic rings. The Hall–Kier alpha value is -0.790. The van der Waals surface area contributed by atoms with Gasteiger partial charge >= 0.3 is 5.97 Å². The van der Waals surface area contributed by atoms with E-state index in [1.165, 1.54) is 19.3 Å². The second-order valence-electron chi connectivity index (χ2n) is 4.22. The molecule has 0 aliphatic heterocycles. The summed E-state index contributed by atoms with van der Waals surface area (Å²) >= 11 is 0. The first-order valence-corrected chi connectivity index (χ1v) is 5.50. The van der Waals surface area contributed by atoms with Crippen LogP contribution in [0.25, 0.3) is 0 Å². The van der Waals surface area contributed by atoms with Crippen molar-refractivity contribution in [3.63, 3.8) is 0 Å². The van der Waals surface area contributed by atoms with E-state index in [0.29, 0.717) is 30.4 Å². The molecule has 1 saturated carbocycles. The first kappa shape index (κ1) is 11.3. The summed E-state index contributed by atoms with van der Waals surface area (Å²) in [6, 6.07) is 0. The molecule has 2 nitrogen and oxygen atoms in total. The van der Waals surface area contributed by atoms with Crippen LogP contribution in [0.2, 0.25) is 0 Å². The zero-order chi connectivity index (χ0) is 10.6. The molecule has 2 unspecified atom stereocenters. The lowest BCUT2D eigenvalue weighted by atomic mass is 9.99. The minimum absolute atomic E-state index is 0.216. The quantitative estimate of drug-likeness (QED) is 0.510. The summed E-state index contributed by atoms with van der Waals surface area (Å²) < 4.78 is 5.21. The molecule has 0 aromatic carbocycles. The molecule has 0 amide bonds. The van der Waals surface area contributed by atoms with Gasteiger partial charge < -0.3 is 4.74 Å². The Kier molecular flexibility index (Phi) is 4.18. The highest BCUT2D eigenvalue weighted by atomic mass is 16.5. The lowest BCUT2D eigenvalue weighted by molar-refractivity contribution is -0.140. The van der Waals surface area contributed by atoms with Crippen LogP contribution in [0.15, 0.2) is 12.2 Å². The van der Waals surface area contributed by atoms with Crippen LogP contribution in [-0.4, -0.2) is 12.6 Å². The van der Waals surface area contributed by atoms with Crippen LogP contribution >= 0.6 is 0 Å². The number of carbonyl (C=O) groups excluding carboxylic acids is 1. The zero-order valence-corrected chi connectivity index (χ0v) is 9.21. The molecule has 2 heteroatoms. The van der Waals surface area contributed by atoms with Crippen molar-refractivity contribution in [1.82, 2.24) is 0 Å². The van der Waals surface area contributed by atoms with Gasteiger partial charge in [-0.25, -0.2) is 4.79 Å². The number of carbonyl (C=O) groups is 1. The lowest BCUT2D eigenvalue weighted by Gasteiger charge is -2.15. The zero-order valence-electron chi connectivity index (χ0n) is 9.21. The maximum atomic E-state index is 11.3. The molecule has 1 aliphatic rings. The van der Waals surface area contributed by atoms with Gasteiger partial charge in [0.2, 0.25) is 0 Å². The third kappa shape index (κ3) is 2.86. The highest BCUT2D eigenvalue weighted by Gasteiger charge is 2.24. The molecule has 0 saturated heterocycles. The molecule has 1 rings (SSSR count). The van der Waals surface area contributed by atoms with E-state index in [0.717, 1.165) is 0 Å². The topological polar surface area (TPSA) is 26.3 Å². The summed E-state index contributed by atoms with van der Waals surface area (Å²) in [6.45, 7) is 8.40. The number of hydrogen-bond acceptors (Lipinski definition) is 2. The van der Waals surface area contributed by atoms with E-state index in [4.69, 9.17) is 4.74 Å². The Morgan fingerprint density at radius 2 is 2.21 bits per heavy atom. The van der Waals surface area contributed by atoms with Crippen molar-refractivity contribution in [2.45, 2.75) is 39.5 Å². The summed E-state index contributed by atoms with van der Waals surface area (Å²) in [5, 5.41) is 0. The normalized spacial score (nSPS) is 26.1. The van der Waals surface area contributed by atoms with Crippen LogP contribution in [0.4, 0.5) is 0 Å². The van der Waals surface area contributed by atoms with E-state index in [9.17, 15) is 4.79 Å². The van der Waals surface area contributed by atoms with Gasteiger partial charge in [0.15, 0.2) is 0 Å². The predicted molar refractivity (Wildman–Crippen MR) is 56.9 cm³/mol. The molecule has 0 spiro atoms. The summed E-state index contributed by atoms with van der Waals surface area (Å²) in [4.78, 5) is 11.3. The highest BCUT2D eigenvalue weighted by Crippen LogP contribution is 2.31. The maximum absolute atomic E-state index is 11.3. The summed E-state index contributed by atoms with van der Waals surface area (Å²) in [5.41, 5.74) is 0.579. The van der Waals surface area contributed by atoms with Gasteiger partial charge in [-0.2, -0.15) is 0 Å². The second kappa shape index (κ2) is 5.18. The molecule has 0 bridgehead atoms. The monoisotopic (exact) mass is 196 g/mol. The largest absolute Gasteiger partial charge is 0.462 e. The lowest BCUT2D eigenvalue weighted by Crippen LogP contribution is -2.16. The fraction of sp³-hybridized carbons (Fsp3) is 0.750. The summed E-state index contributed by atoms with van der Waals surface area (Å²) in [7, 11) is 0. The van der Waals surface area contributed by atoms with Gasteiger partial charge in [0.1, 0.15) is 0 Å². The summed E-state index contributed by atoms with van der Waals surface area (Å²) in [5.74, 6) is 1.06. The fourth-order valence-electron chi connectivity index (χ4n) is 1.90. The van der Waals surface area contributed by atoms with Crippen molar-refractivity contribution < 1.29 is 9.53 Å². The average Bonchev–Trinajstić information content (AvgIpc) is 2.59. The molecule has 2 atom stereocenters. The van der Waals surface area contributed by atoms with Gasteiger partial charge in [0.05, 0.1) is 6.61 Å². The van der Waals surface area contributed by atoms with Crippen LogP contribution in [0.5, 0.6) is 0 Å². The SMILES string of the molecule is C=C(CC)C(=O)OCC1CCCC1C. The number of ether oxygens (including phenoxy) is 1. The smallest absolute Gasteiger partial charge is 0.333 e. The van der Waals surface area contributed by atoms with Crippen LogP contribution in [-0.2, 0) is 9.53 Å².